The molecule has 0 bridgehead atoms. The molecule has 0 atom stereocenters. The number of hydrogen-bond acceptors (Lipinski definition) is 3. The van der Waals surface area contributed by atoms with Gasteiger partial charge < -0.3 is 15.0 Å². The third-order valence-corrected chi connectivity index (χ3v) is 3.73. The molecule has 5 heteroatoms. The highest BCUT2D eigenvalue weighted by Crippen LogP contribution is 2.15. The molecule has 0 unspecified atom stereocenters. The van der Waals surface area contributed by atoms with Crippen LogP contribution in [0.3, 0.4) is 0 Å². The fourth-order valence-corrected chi connectivity index (χ4v) is 2.40. The molecule has 1 aromatic carbocycles. The van der Waals surface area contributed by atoms with Gasteiger partial charge in [0.25, 0.3) is 5.91 Å². The molecule has 1 N–H and O–H groups in total. The number of amides is 2. The van der Waals surface area contributed by atoms with Crippen molar-refractivity contribution in [3.63, 3.8) is 0 Å². The summed E-state index contributed by atoms with van der Waals surface area (Å²) < 4.78 is 5.31. The van der Waals surface area contributed by atoms with Gasteiger partial charge in [-0.3, -0.25) is 9.59 Å². The van der Waals surface area contributed by atoms with Crippen LogP contribution in [0.25, 0.3) is 0 Å². The van der Waals surface area contributed by atoms with Gasteiger partial charge in [-0.05, 0) is 30.9 Å². The Balaban J connectivity index is 1.74. The molecular formula is C16H22N2O3. The van der Waals surface area contributed by atoms with Gasteiger partial charge in [-0.1, -0.05) is 18.2 Å². The Morgan fingerprint density at radius 3 is 2.57 bits per heavy atom. The van der Waals surface area contributed by atoms with E-state index in [0.717, 1.165) is 32.6 Å². The Bertz CT molecular complexity index is 470. The molecule has 0 saturated carbocycles. The SMILES string of the molecule is CN(CC1CCOCC1)C(=O)CNC(=O)c1ccccc1. The lowest BCUT2D eigenvalue weighted by Crippen LogP contribution is -2.41. The summed E-state index contributed by atoms with van der Waals surface area (Å²) >= 11 is 0. The van der Waals surface area contributed by atoms with Crippen molar-refractivity contribution in [1.82, 2.24) is 10.2 Å². The predicted molar refractivity (Wildman–Crippen MR) is 80.0 cm³/mol. The molecule has 21 heavy (non-hydrogen) atoms. The summed E-state index contributed by atoms with van der Waals surface area (Å²) in [5, 5.41) is 2.66. The maximum Gasteiger partial charge on any atom is 0.251 e. The molecule has 0 spiro atoms. The fourth-order valence-electron chi connectivity index (χ4n) is 2.40. The van der Waals surface area contributed by atoms with E-state index in [1.165, 1.54) is 0 Å². The number of benzene rings is 1. The van der Waals surface area contributed by atoms with E-state index < -0.39 is 0 Å². The number of nitrogens with zero attached hydrogens (tertiary/aromatic N) is 1. The summed E-state index contributed by atoms with van der Waals surface area (Å²) in [6, 6.07) is 8.91. The highest BCUT2D eigenvalue weighted by molar-refractivity contribution is 5.96. The third-order valence-electron chi connectivity index (χ3n) is 3.73. The van der Waals surface area contributed by atoms with Gasteiger partial charge in [-0.15, -0.1) is 0 Å². The van der Waals surface area contributed by atoms with Crippen molar-refractivity contribution in [3.8, 4) is 0 Å². The van der Waals surface area contributed by atoms with E-state index in [0.29, 0.717) is 11.5 Å². The molecule has 5 nitrogen and oxygen atoms in total. The zero-order valence-electron chi connectivity index (χ0n) is 12.4. The van der Waals surface area contributed by atoms with Crippen LogP contribution in [0.2, 0.25) is 0 Å². The van der Waals surface area contributed by atoms with E-state index in [1.807, 2.05) is 6.07 Å². The van der Waals surface area contributed by atoms with Crippen LogP contribution in [0.5, 0.6) is 0 Å². The van der Waals surface area contributed by atoms with Crippen LogP contribution >= 0.6 is 0 Å². The third kappa shape index (κ3) is 4.86. The predicted octanol–water partition coefficient (Wildman–Crippen LogP) is 1.30. The van der Waals surface area contributed by atoms with Crippen LogP contribution in [-0.2, 0) is 9.53 Å². The molecule has 1 aliphatic rings. The summed E-state index contributed by atoms with van der Waals surface area (Å²) in [4.78, 5) is 25.6. The van der Waals surface area contributed by atoms with E-state index >= 15 is 0 Å². The van der Waals surface area contributed by atoms with E-state index in [1.54, 1.807) is 36.2 Å². The molecule has 0 aliphatic carbocycles. The fraction of sp³-hybridized carbons (Fsp3) is 0.500. The molecule has 0 radical (unpaired) electrons. The molecule has 1 saturated heterocycles. The largest absolute Gasteiger partial charge is 0.381 e. The first-order valence-electron chi connectivity index (χ1n) is 7.32. The molecule has 0 aromatic heterocycles. The molecule has 2 amide bonds. The summed E-state index contributed by atoms with van der Waals surface area (Å²) in [7, 11) is 1.78. The van der Waals surface area contributed by atoms with Gasteiger partial charge in [0.2, 0.25) is 5.91 Å². The minimum Gasteiger partial charge on any atom is -0.381 e. The van der Waals surface area contributed by atoms with Gasteiger partial charge in [-0.25, -0.2) is 0 Å². The van der Waals surface area contributed by atoms with Gasteiger partial charge >= 0.3 is 0 Å². The van der Waals surface area contributed by atoms with Crippen LogP contribution < -0.4 is 5.32 Å². The standard InChI is InChI=1S/C16H22N2O3/c1-18(12-13-7-9-21-10-8-13)15(19)11-17-16(20)14-5-3-2-4-6-14/h2-6,13H,7-12H2,1H3,(H,17,20). The lowest BCUT2D eigenvalue weighted by Gasteiger charge is -2.27. The van der Waals surface area contributed by atoms with Gasteiger partial charge in [0, 0.05) is 32.4 Å². The number of carbonyl (C=O) groups is 2. The van der Waals surface area contributed by atoms with Gasteiger partial charge in [0.05, 0.1) is 6.54 Å². The van der Waals surface area contributed by atoms with Crippen molar-refractivity contribution in [2.45, 2.75) is 12.8 Å². The second-order valence-electron chi connectivity index (χ2n) is 5.38. The Hall–Kier alpha value is -1.88. The average Bonchev–Trinajstić information content (AvgIpc) is 2.54. The summed E-state index contributed by atoms with van der Waals surface area (Å²) in [6.45, 7) is 2.31. The van der Waals surface area contributed by atoms with Crippen molar-refractivity contribution < 1.29 is 14.3 Å². The Kier molecular flexibility index (Phi) is 5.75. The van der Waals surface area contributed by atoms with Crippen LogP contribution in [0.4, 0.5) is 0 Å². The van der Waals surface area contributed by atoms with Crippen LogP contribution in [0.15, 0.2) is 30.3 Å². The van der Waals surface area contributed by atoms with Gasteiger partial charge in [-0.2, -0.15) is 0 Å². The summed E-state index contributed by atoms with van der Waals surface area (Å²) in [5.41, 5.74) is 0.567. The Morgan fingerprint density at radius 2 is 1.90 bits per heavy atom. The summed E-state index contributed by atoms with van der Waals surface area (Å²) in [5.74, 6) is 0.215. The second-order valence-corrected chi connectivity index (χ2v) is 5.38. The number of ether oxygens (including phenoxy) is 1. The molecule has 114 valence electrons. The summed E-state index contributed by atoms with van der Waals surface area (Å²) in [6.07, 6.45) is 1.99. The number of hydrogen-bond donors (Lipinski definition) is 1. The molecular weight excluding hydrogens is 268 g/mol. The average molecular weight is 290 g/mol. The maximum atomic E-state index is 12.0. The number of likely N-dealkylation sites (N-methyl/N-ethyl adjacent to an activating group) is 1. The monoisotopic (exact) mass is 290 g/mol. The van der Waals surface area contributed by atoms with E-state index in [4.69, 9.17) is 4.74 Å². The Labute approximate surface area is 125 Å². The van der Waals surface area contributed by atoms with Crippen molar-refractivity contribution in [1.29, 1.82) is 0 Å². The highest BCUT2D eigenvalue weighted by Gasteiger charge is 2.18. The normalized spacial score (nSPS) is 15.5. The lowest BCUT2D eigenvalue weighted by molar-refractivity contribution is -0.129. The van der Waals surface area contributed by atoms with Crippen LogP contribution in [0.1, 0.15) is 23.2 Å². The number of nitrogens with one attached hydrogen (secondary N) is 1. The lowest BCUT2D eigenvalue weighted by atomic mass is 10.00. The second kappa shape index (κ2) is 7.78. The van der Waals surface area contributed by atoms with Crippen molar-refractivity contribution in [3.05, 3.63) is 35.9 Å². The first kappa shape index (κ1) is 15.5. The molecule has 1 fully saturated rings. The highest BCUT2D eigenvalue weighted by atomic mass is 16.5. The maximum absolute atomic E-state index is 12.0. The Morgan fingerprint density at radius 1 is 1.24 bits per heavy atom. The van der Waals surface area contributed by atoms with Gasteiger partial charge in [0.1, 0.15) is 0 Å². The zero-order valence-corrected chi connectivity index (χ0v) is 12.4. The number of rotatable bonds is 5. The minimum absolute atomic E-state index is 0.0352. The van der Waals surface area contributed by atoms with Crippen molar-refractivity contribution >= 4 is 11.8 Å². The van der Waals surface area contributed by atoms with E-state index in [-0.39, 0.29) is 18.4 Å². The van der Waals surface area contributed by atoms with E-state index in [2.05, 4.69) is 5.32 Å². The first-order chi connectivity index (χ1) is 10.2. The van der Waals surface area contributed by atoms with Crippen LogP contribution in [-0.4, -0.2) is 50.1 Å². The molecule has 1 aliphatic heterocycles. The van der Waals surface area contributed by atoms with Crippen LogP contribution in [0, 0.1) is 5.92 Å². The molecule has 2 rings (SSSR count). The topological polar surface area (TPSA) is 58.6 Å². The van der Waals surface area contributed by atoms with Crippen molar-refractivity contribution in [2.75, 3.05) is 33.4 Å². The zero-order chi connectivity index (χ0) is 15.1. The smallest absolute Gasteiger partial charge is 0.251 e. The number of carbonyl (C=O) groups excluding carboxylic acids is 2. The van der Waals surface area contributed by atoms with Crippen molar-refractivity contribution in [2.24, 2.45) is 5.92 Å². The first-order valence-corrected chi connectivity index (χ1v) is 7.32. The van der Waals surface area contributed by atoms with E-state index in [9.17, 15) is 9.59 Å². The molecule has 1 aromatic rings. The minimum atomic E-state index is -0.219. The molecule has 1 heterocycles. The van der Waals surface area contributed by atoms with Gasteiger partial charge in [0.15, 0.2) is 0 Å². The quantitative estimate of drug-likeness (QED) is 0.889.